The van der Waals surface area contributed by atoms with Gasteiger partial charge in [0.2, 0.25) is 0 Å². The second-order valence-corrected chi connectivity index (χ2v) is 4.79. The summed E-state index contributed by atoms with van der Waals surface area (Å²) in [4.78, 5) is 13.7. The summed E-state index contributed by atoms with van der Waals surface area (Å²) in [5, 5.41) is 5.51. The molecule has 0 aliphatic carbocycles. The molecule has 0 aliphatic heterocycles. The zero-order valence-electron chi connectivity index (χ0n) is 12.2. The number of carbonyl (C=O) groups excluding carboxylic acids is 1. The van der Waals surface area contributed by atoms with Crippen LogP contribution in [0.4, 0.5) is 4.79 Å². The summed E-state index contributed by atoms with van der Waals surface area (Å²) in [6.45, 7) is 6.15. The second-order valence-electron chi connectivity index (χ2n) is 4.79. The SMILES string of the molecule is CCN(CC)C(=O)NCCc1cccc2ccccc12. The lowest BCUT2D eigenvalue weighted by Crippen LogP contribution is -2.40. The minimum Gasteiger partial charge on any atom is -0.338 e. The molecule has 0 bridgehead atoms. The van der Waals surface area contributed by atoms with E-state index in [1.165, 1.54) is 16.3 Å². The van der Waals surface area contributed by atoms with Crippen LogP contribution in [0.15, 0.2) is 42.5 Å². The predicted molar refractivity (Wildman–Crippen MR) is 84.0 cm³/mol. The van der Waals surface area contributed by atoms with Gasteiger partial charge in [-0.25, -0.2) is 4.79 Å². The smallest absolute Gasteiger partial charge is 0.317 e. The third-order valence-electron chi connectivity index (χ3n) is 3.60. The number of urea groups is 1. The summed E-state index contributed by atoms with van der Waals surface area (Å²) >= 11 is 0. The topological polar surface area (TPSA) is 32.3 Å². The lowest BCUT2D eigenvalue weighted by Gasteiger charge is -2.19. The van der Waals surface area contributed by atoms with E-state index in [9.17, 15) is 4.79 Å². The van der Waals surface area contributed by atoms with Crippen molar-refractivity contribution >= 4 is 16.8 Å². The highest BCUT2D eigenvalue weighted by molar-refractivity contribution is 5.85. The minimum absolute atomic E-state index is 0.0234. The Morgan fingerprint density at radius 2 is 1.75 bits per heavy atom. The van der Waals surface area contributed by atoms with Gasteiger partial charge in [0.25, 0.3) is 0 Å². The Labute approximate surface area is 120 Å². The molecule has 3 heteroatoms. The number of nitrogens with one attached hydrogen (secondary N) is 1. The van der Waals surface area contributed by atoms with E-state index in [2.05, 4.69) is 41.7 Å². The summed E-state index contributed by atoms with van der Waals surface area (Å²) in [6.07, 6.45) is 0.856. The normalized spacial score (nSPS) is 10.5. The first-order valence-corrected chi connectivity index (χ1v) is 7.25. The van der Waals surface area contributed by atoms with Crippen molar-refractivity contribution in [3.63, 3.8) is 0 Å². The van der Waals surface area contributed by atoms with Gasteiger partial charge < -0.3 is 10.2 Å². The van der Waals surface area contributed by atoms with E-state index >= 15 is 0 Å². The number of carbonyl (C=O) groups is 1. The van der Waals surface area contributed by atoms with Gasteiger partial charge in [0.05, 0.1) is 0 Å². The Balaban J connectivity index is 1.98. The number of rotatable bonds is 5. The van der Waals surface area contributed by atoms with Crippen LogP contribution in [0.1, 0.15) is 19.4 Å². The molecule has 106 valence electrons. The first kappa shape index (κ1) is 14.4. The van der Waals surface area contributed by atoms with Gasteiger partial charge in [-0.1, -0.05) is 42.5 Å². The summed E-state index contributed by atoms with van der Waals surface area (Å²) in [7, 11) is 0. The molecule has 0 aliphatic rings. The van der Waals surface area contributed by atoms with Crippen molar-refractivity contribution in [2.24, 2.45) is 0 Å². The van der Waals surface area contributed by atoms with Crippen LogP contribution in [-0.4, -0.2) is 30.6 Å². The van der Waals surface area contributed by atoms with Gasteiger partial charge in [0.15, 0.2) is 0 Å². The quantitative estimate of drug-likeness (QED) is 0.887. The van der Waals surface area contributed by atoms with Crippen molar-refractivity contribution < 1.29 is 4.79 Å². The monoisotopic (exact) mass is 270 g/mol. The van der Waals surface area contributed by atoms with E-state index in [-0.39, 0.29) is 6.03 Å². The van der Waals surface area contributed by atoms with Crippen molar-refractivity contribution in [2.45, 2.75) is 20.3 Å². The molecule has 1 N–H and O–H groups in total. The molecule has 20 heavy (non-hydrogen) atoms. The van der Waals surface area contributed by atoms with Crippen molar-refractivity contribution in [3.8, 4) is 0 Å². The zero-order valence-corrected chi connectivity index (χ0v) is 12.2. The van der Waals surface area contributed by atoms with Crippen molar-refractivity contribution in [3.05, 3.63) is 48.0 Å². The maximum atomic E-state index is 11.9. The van der Waals surface area contributed by atoms with Gasteiger partial charge in [-0.05, 0) is 36.6 Å². The van der Waals surface area contributed by atoms with Gasteiger partial charge >= 0.3 is 6.03 Å². The molecule has 2 aromatic carbocycles. The molecule has 2 amide bonds. The molecule has 0 fully saturated rings. The predicted octanol–water partition coefficient (Wildman–Crippen LogP) is 3.43. The first-order valence-electron chi connectivity index (χ1n) is 7.25. The van der Waals surface area contributed by atoms with Crippen LogP contribution in [0.3, 0.4) is 0 Å². The van der Waals surface area contributed by atoms with Gasteiger partial charge in [-0.2, -0.15) is 0 Å². The molecule has 3 nitrogen and oxygen atoms in total. The fourth-order valence-electron chi connectivity index (χ4n) is 2.44. The Hall–Kier alpha value is -2.03. The van der Waals surface area contributed by atoms with E-state index in [0.29, 0.717) is 6.54 Å². The maximum Gasteiger partial charge on any atom is 0.317 e. The average Bonchev–Trinajstić information content (AvgIpc) is 2.49. The highest BCUT2D eigenvalue weighted by Crippen LogP contribution is 2.18. The van der Waals surface area contributed by atoms with Crippen LogP contribution < -0.4 is 5.32 Å². The molecule has 0 atom stereocenters. The summed E-state index contributed by atoms with van der Waals surface area (Å²) < 4.78 is 0. The van der Waals surface area contributed by atoms with Crippen LogP contribution in [-0.2, 0) is 6.42 Å². The molecular weight excluding hydrogens is 248 g/mol. The van der Waals surface area contributed by atoms with Crippen molar-refractivity contribution in [1.29, 1.82) is 0 Å². The molecule has 0 saturated heterocycles. The molecule has 0 spiro atoms. The number of hydrogen-bond donors (Lipinski definition) is 1. The fraction of sp³-hybridized carbons (Fsp3) is 0.353. The molecule has 0 unspecified atom stereocenters. The Morgan fingerprint density at radius 1 is 1.05 bits per heavy atom. The third kappa shape index (κ3) is 3.29. The van der Waals surface area contributed by atoms with Gasteiger partial charge in [-0.15, -0.1) is 0 Å². The van der Waals surface area contributed by atoms with E-state index < -0.39 is 0 Å². The molecule has 2 rings (SSSR count). The molecule has 0 saturated carbocycles. The fourth-order valence-corrected chi connectivity index (χ4v) is 2.44. The van der Waals surface area contributed by atoms with Gasteiger partial charge in [-0.3, -0.25) is 0 Å². The molecule has 0 heterocycles. The minimum atomic E-state index is 0.0234. The molecular formula is C17H22N2O. The third-order valence-corrected chi connectivity index (χ3v) is 3.60. The van der Waals surface area contributed by atoms with Crippen molar-refractivity contribution in [2.75, 3.05) is 19.6 Å². The Kier molecular flexibility index (Phi) is 4.99. The lowest BCUT2D eigenvalue weighted by atomic mass is 10.0. The zero-order chi connectivity index (χ0) is 14.4. The maximum absolute atomic E-state index is 11.9. The van der Waals surface area contributed by atoms with Gasteiger partial charge in [0.1, 0.15) is 0 Å². The van der Waals surface area contributed by atoms with E-state index in [1.807, 2.05) is 19.9 Å². The first-order chi connectivity index (χ1) is 9.76. The van der Waals surface area contributed by atoms with Crippen LogP contribution in [0, 0.1) is 0 Å². The highest BCUT2D eigenvalue weighted by atomic mass is 16.2. The van der Waals surface area contributed by atoms with Crippen LogP contribution in [0.25, 0.3) is 10.8 Å². The molecule has 0 radical (unpaired) electrons. The van der Waals surface area contributed by atoms with Crippen LogP contribution in [0.5, 0.6) is 0 Å². The molecule has 2 aromatic rings. The number of hydrogen-bond acceptors (Lipinski definition) is 1. The number of fused-ring (bicyclic) bond motifs is 1. The van der Waals surface area contributed by atoms with E-state index in [0.717, 1.165) is 19.5 Å². The Morgan fingerprint density at radius 3 is 2.50 bits per heavy atom. The Bertz CT molecular complexity index is 571. The number of nitrogens with zero attached hydrogens (tertiary/aromatic N) is 1. The largest absolute Gasteiger partial charge is 0.338 e. The van der Waals surface area contributed by atoms with Crippen LogP contribution in [0.2, 0.25) is 0 Å². The lowest BCUT2D eigenvalue weighted by molar-refractivity contribution is 0.203. The average molecular weight is 270 g/mol. The van der Waals surface area contributed by atoms with E-state index in [1.54, 1.807) is 4.90 Å². The standard InChI is InChI=1S/C17H22N2O/c1-3-19(4-2)17(20)18-13-12-15-10-7-9-14-8-5-6-11-16(14)15/h5-11H,3-4,12-13H2,1-2H3,(H,18,20). The number of benzene rings is 2. The number of amides is 2. The second kappa shape index (κ2) is 6.94. The van der Waals surface area contributed by atoms with Crippen molar-refractivity contribution in [1.82, 2.24) is 10.2 Å². The highest BCUT2D eigenvalue weighted by Gasteiger charge is 2.08. The summed E-state index contributed by atoms with van der Waals surface area (Å²) in [6, 6.07) is 14.7. The van der Waals surface area contributed by atoms with Crippen LogP contribution >= 0.6 is 0 Å². The summed E-state index contributed by atoms with van der Waals surface area (Å²) in [5.74, 6) is 0. The van der Waals surface area contributed by atoms with E-state index in [4.69, 9.17) is 0 Å². The summed E-state index contributed by atoms with van der Waals surface area (Å²) in [5.41, 5.74) is 1.28. The molecule has 0 aromatic heterocycles. The van der Waals surface area contributed by atoms with Gasteiger partial charge in [0, 0.05) is 19.6 Å².